The van der Waals surface area contributed by atoms with E-state index in [2.05, 4.69) is 15.6 Å². The van der Waals surface area contributed by atoms with E-state index in [-0.39, 0.29) is 11.4 Å². The van der Waals surface area contributed by atoms with E-state index in [9.17, 15) is 14.7 Å². The van der Waals surface area contributed by atoms with Crippen LogP contribution in [0.5, 0.6) is 5.88 Å². The van der Waals surface area contributed by atoms with Crippen molar-refractivity contribution in [2.24, 2.45) is 0 Å². The molecule has 1 amide bonds. The molecule has 0 aliphatic rings. The third-order valence-electron chi connectivity index (χ3n) is 2.66. The van der Waals surface area contributed by atoms with E-state index in [0.29, 0.717) is 12.2 Å². The highest BCUT2D eigenvalue weighted by molar-refractivity contribution is 6.04. The van der Waals surface area contributed by atoms with Crippen LogP contribution < -0.4 is 16.2 Å². The quantitative estimate of drug-likeness (QED) is 0.670. The molecule has 0 saturated heterocycles. The second-order valence-electron chi connectivity index (χ2n) is 4.30. The van der Waals surface area contributed by atoms with Crippen LogP contribution in [-0.4, -0.2) is 23.0 Å². The molecule has 4 N–H and O–H groups in total. The fourth-order valence-electron chi connectivity index (χ4n) is 1.83. The number of aromatic hydroxyl groups is 1. The molecule has 0 fully saturated rings. The first-order valence-corrected chi connectivity index (χ1v) is 6.07. The van der Waals surface area contributed by atoms with Crippen LogP contribution in [0.25, 0.3) is 0 Å². The second-order valence-corrected chi connectivity index (χ2v) is 4.30. The Morgan fingerprint density at radius 3 is 2.80 bits per heavy atom. The molecular weight excluding hydrogens is 258 g/mol. The molecule has 0 aliphatic heterocycles. The number of carbonyl (C=O) groups is 1. The van der Waals surface area contributed by atoms with Crippen LogP contribution in [0.4, 0.5) is 5.69 Å². The number of pyridine rings is 1. The van der Waals surface area contributed by atoms with Crippen molar-refractivity contribution in [1.82, 2.24) is 10.3 Å². The molecule has 1 aromatic heterocycles. The van der Waals surface area contributed by atoms with Gasteiger partial charge in [-0.15, -0.1) is 0 Å². The molecular formula is C14H15N3O3. The van der Waals surface area contributed by atoms with Crippen molar-refractivity contribution in [3.63, 3.8) is 0 Å². The molecule has 1 heterocycles. The van der Waals surface area contributed by atoms with E-state index in [1.807, 2.05) is 25.2 Å². The second kappa shape index (κ2) is 6.03. The van der Waals surface area contributed by atoms with Gasteiger partial charge in [-0.25, -0.2) is 0 Å². The number of hydrogen-bond donors (Lipinski definition) is 4. The minimum Gasteiger partial charge on any atom is -0.494 e. The number of rotatable bonds is 4. The van der Waals surface area contributed by atoms with Crippen molar-refractivity contribution >= 4 is 11.6 Å². The number of aromatic amines is 1. The Kier molecular flexibility index (Phi) is 4.17. The van der Waals surface area contributed by atoms with Gasteiger partial charge in [0.05, 0.1) is 5.56 Å². The number of benzene rings is 1. The highest BCUT2D eigenvalue weighted by atomic mass is 16.3. The van der Waals surface area contributed by atoms with Crippen molar-refractivity contribution in [2.45, 2.75) is 6.54 Å². The molecule has 2 rings (SSSR count). The van der Waals surface area contributed by atoms with Crippen LogP contribution >= 0.6 is 0 Å². The van der Waals surface area contributed by atoms with Crippen molar-refractivity contribution in [3.05, 3.63) is 57.9 Å². The summed E-state index contributed by atoms with van der Waals surface area (Å²) in [6.45, 7) is 0.690. The molecule has 0 bridgehead atoms. The average Bonchev–Trinajstić information content (AvgIpc) is 2.38. The molecule has 0 radical (unpaired) electrons. The molecule has 1 aromatic carbocycles. The molecule has 104 valence electrons. The lowest BCUT2D eigenvalue weighted by Gasteiger charge is -2.07. The van der Waals surface area contributed by atoms with Gasteiger partial charge in [-0.1, -0.05) is 12.1 Å². The Bertz CT molecular complexity index is 679. The van der Waals surface area contributed by atoms with E-state index in [0.717, 1.165) is 11.6 Å². The predicted octanol–water partition coefficient (Wildman–Crippen LogP) is 1.05. The first kappa shape index (κ1) is 13.8. The molecule has 0 spiro atoms. The molecule has 6 heteroatoms. The predicted molar refractivity (Wildman–Crippen MR) is 75.9 cm³/mol. The SMILES string of the molecule is CNCc1cccc(NC(=O)c2cc(O)[nH]c(=O)c2)c1. The molecule has 2 aromatic rings. The number of H-pyrrole nitrogens is 1. The summed E-state index contributed by atoms with van der Waals surface area (Å²) in [7, 11) is 1.84. The van der Waals surface area contributed by atoms with Gasteiger partial charge < -0.3 is 15.7 Å². The third kappa shape index (κ3) is 3.46. The van der Waals surface area contributed by atoms with Crippen molar-refractivity contribution in [3.8, 4) is 5.88 Å². The fraction of sp³-hybridized carbons (Fsp3) is 0.143. The maximum absolute atomic E-state index is 12.0. The zero-order valence-electron chi connectivity index (χ0n) is 10.9. The van der Waals surface area contributed by atoms with Crippen LogP contribution in [0.3, 0.4) is 0 Å². The summed E-state index contributed by atoms with van der Waals surface area (Å²) >= 11 is 0. The van der Waals surface area contributed by atoms with Gasteiger partial charge in [-0.05, 0) is 24.7 Å². The number of nitrogens with one attached hydrogen (secondary N) is 3. The van der Waals surface area contributed by atoms with E-state index in [4.69, 9.17) is 0 Å². The largest absolute Gasteiger partial charge is 0.494 e. The molecule has 0 atom stereocenters. The smallest absolute Gasteiger partial charge is 0.256 e. The summed E-state index contributed by atoms with van der Waals surface area (Å²) in [5.41, 5.74) is 1.23. The van der Waals surface area contributed by atoms with E-state index < -0.39 is 11.5 Å². The van der Waals surface area contributed by atoms with Crippen molar-refractivity contribution < 1.29 is 9.90 Å². The van der Waals surface area contributed by atoms with Gasteiger partial charge in [0.15, 0.2) is 5.88 Å². The summed E-state index contributed by atoms with van der Waals surface area (Å²) in [6, 6.07) is 9.69. The van der Waals surface area contributed by atoms with Gasteiger partial charge in [-0.2, -0.15) is 0 Å². The Morgan fingerprint density at radius 1 is 1.30 bits per heavy atom. The van der Waals surface area contributed by atoms with Gasteiger partial charge in [0.2, 0.25) is 0 Å². The minimum atomic E-state index is -0.529. The lowest BCUT2D eigenvalue weighted by molar-refractivity contribution is 0.102. The Morgan fingerprint density at radius 2 is 2.10 bits per heavy atom. The highest BCUT2D eigenvalue weighted by Gasteiger charge is 2.08. The molecule has 20 heavy (non-hydrogen) atoms. The minimum absolute atomic E-state index is 0.102. The summed E-state index contributed by atoms with van der Waals surface area (Å²) < 4.78 is 0. The maximum atomic E-state index is 12.0. The van der Waals surface area contributed by atoms with Gasteiger partial charge in [0, 0.05) is 24.4 Å². The van der Waals surface area contributed by atoms with Crippen LogP contribution in [0, 0.1) is 0 Å². The molecule has 0 aliphatic carbocycles. The third-order valence-corrected chi connectivity index (χ3v) is 2.66. The average molecular weight is 273 g/mol. The van der Waals surface area contributed by atoms with Crippen LogP contribution in [0.15, 0.2) is 41.2 Å². The van der Waals surface area contributed by atoms with E-state index in [1.54, 1.807) is 6.07 Å². The summed E-state index contributed by atoms with van der Waals surface area (Å²) in [4.78, 5) is 25.4. The molecule has 0 saturated carbocycles. The summed E-state index contributed by atoms with van der Waals surface area (Å²) in [5.74, 6) is -0.792. The first-order chi connectivity index (χ1) is 9.58. The Hall–Kier alpha value is -2.60. The summed E-state index contributed by atoms with van der Waals surface area (Å²) in [5, 5.41) is 15.0. The standard InChI is InChI=1S/C14H15N3O3/c1-15-8-9-3-2-4-11(5-9)16-14(20)10-6-12(18)17-13(19)7-10/h2-7,15H,8H2,1H3,(H,16,20)(H2,17,18,19). The lowest BCUT2D eigenvalue weighted by Crippen LogP contribution is -2.16. The van der Waals surface area contributed by atoms with Crippen LogP contribution in [-0.2, 0) is 6.54 Å². The number of amides is 1. The first-order valence-electron chi connectivity index (χ1n) is 6.07. The van der Waals surface area contributed by atoms with Gasteiger partial charge in [0.25, 0.3) is 11.5 Å². The topological polar surface area (TPSA) is 94.2 Å². The van der Waals surface area contributed by atoms with Crippen LogP contribution in [0.1, 0.15) is 15.9 Å². The van der Waals surface area contributed by atoms with Gasteiger partial charge in [-0.3, -0.25) is 14.6 Å². The zero-order chi connectivity index (χ0) is 14.5. The van der Waals surface area contributed by atoms with Gasteiger partial charge >= 0.3 is 0 Å². The fourth-order valence-corrected chi connectivity index (χ4v) is 1.83. The number of hydrogen-bond acceptors (Lipinski definition) is 4. The maximum Gasteiger partial charge on any atom is 0.256 e. The number of aromatic nitrogens is 1. The van der Waals surface area contributed by atoms with E-state index >= 15 is 0 Å². The zero-order valence-corrected chi connectivity index (χ0v) is 10.9. The molecule has 6 nitrogen and oxygen atoms in total. The van der Waals surface area contributed by atoms with Crippen molar-refractivity contribution in [2.75, 3.05) is 12.4 Å². The van der Waals surface area contributed by atoms with Crippen LogP contribution in [0.2, 0.25) is 0 Å². The molecule has 0 unspecified atom stereocenters. The number of anilines is 1. The lowest BCUT2D eigenvalue weighted by atomic mass is 10.2. The summed E-state index contributed by atoms with van der Waals surface area (Å²) in [6.07, 6.45) is 0. The highest BCUT2D eigenvalue weighted by Crippen LogP contribution is 2.13. The Balaban J connectivity index is 2.18. The Labute approximate surface area is 115 Å². The van der Waals surface area contributed by atoms with Gasteiger partial charge in [0.1, 0.15) is 0 Å². The van der Waals surface area contributed by atoms with E-state index in [1.165, 1.54) is 6.07 Å². The normalized spacial score (nSPS) is 10.2. The van der Waals surface area contributed by atoms with Crippen molar-refractivity contribution in [1.29, 1.82) is 0 Å². The monoisotopic (exact) mass is 273 g/mol. The number of carbonyl (C=O) groups excluding carboxylic acids is 1.